The van der Waals surface area contributed by atoms with Crippen LogP contribution in [0.15, 0.2) is 0 Å². The summed E-state index contributed by atoms with van der Waals surface area (Å²) >= 11 is 0. The van der Waals surface area contributed by atoms with Crippen molar-refractivity contribution in [1.29, 1.82) is 0 Å². The second-order valence-corrected chi connectivity index (χ2v) is 4.86. The number of methoxy groups -OCH3 is 1. The van der Waals surface area contributed by atoms with E-state index in [0.29, 0.717) is 13.0 Å². The van der Waals surface area contributed by atoms with Crippen LogP contribution < -0.4 is 5.73 Å². The highest BCUT2D eigenvalue weighted by molar-refractivity contribution is 5.91. The van der Waals surface area contributed by atoms with Gasteiger partial charge in [0.1, 0.15) is 6.04 Å². The van der Waals surface area contributed by atoms with Gasteiger partial charge >= 0.3 is 6.16 Å². The van der Waals surface area contributed by atoms with Crippen molar-refractivity contribution in [2.75, 3.05) is 13.7 Å². The maximum Gasteiger partial charge on any atom is 0.508 e. The summed E-state index contributed by atoms with van der Waals surface area (Å²) in [4.78, 5) is 36.4. The van der Waals surface area contributed by atoms with Crippen LogP contribution in [0, 0.1) is 5.92 Å². The minimum atomic E-state index is -0.893. The monoisotopic (exact) mass is 286 g/mol. The highest BCUT2D eigenvalue weighted by Gasteiger charge is 2.46. The topological polar surface area (TPSA) is 98.9 Å². The van der Waals surface area contributed by atoms with E-state index in [1.807, 2.05) is 6.92 Å². The van der Waals surface area contributed by atoms with Crippen LogP contribution in [0.4, 0.5) is 4.79 Å². The summed E-state index contributed by atoms with van der Waals surface area (Å²) in [5.41, 5.74) is 5.32. The lowest BCUT2D eigenvalue weighted by Gasteiger charge is -2.24. The zero-order valence-electron chi connectivity index (χ0n) is 12.1. The third-order valence-corrected chi connectivity index (χ3v) is 3.53. The molecule has 1 aliphatic heterocycles. The van der Waals surface area contributed by atoms with E-state index >= 15 is 0 Å². The number of carbonyl (C=O) groups is 3. The van der Waals surface area contributed by atoms with Gasteiger partial charge in [0, 0.05) is 12.5 Å². The summed E-state index contributed by atoms with van der Waals surface area (Å²) < 4.78 is 9.47. The lowest BCUT2D eigenvalue weighted by molar-refractivity contribution is -0.142. The predicted molar refractivity (Wildman–Crippen MR) is 70.7 cm³/mol. The number of rotatable bonds is 6. The summed E-state index contributed by atoms with van der Waals surface area (Å²) in [6, 6.07) is -0.659. The van der Waals surface area contributed by atoms with Gasteiger partial charge in [-0.1, -0.05) is 20.3 Å². The zero-order valence-corrected chi connectivity index (χ0v) is 12.1. The first kappa shape index (κ1) is 16.3. The van der Waals surface area contributed by atoms with Crippen LogP contribution in [0.25, 0.3) is 0 Å². The summed E-state index contributed by atoms with van der Waals surface area (Å²) in [6.45, 7) is 4.13. The van der Waals surface area contributed by atoms with Crippen LogP contribution >= 0.6 is 0 Å². The van der Waals surface area contributed by atoms with Crippen LogP contribution in [0.2, 0.25) is 0 Å². The molecule has 20 heavy (non-hydrogen) atoms. The van der Waals surface area contributed by atoms with Crippen molar-refractivity contribution in [2.45, 2.75) is 45.3 Å². The van der Waals surface area contributed by atoms with E-state index in [-0.39, 0.29) is 11.8 Å². The Morgan fingerprint density at radius 3 is 2.55 bits per heavy atom. The van der Waals surface area contributed by atoms with E-state index in [0.717, 1.165) is 12.8 Å². The fourth-order valence-corrected chi connectivity index (χ4v) is 2.57. The molecule has 1 aliphatic rings. The molecule has 7 nitrogen and oxygen atoms in total. The minimum Gasteiger partial charge on any atom is -0.438 e. The molecule has 1 rings (SSSR count). The molecular formula is C13H22N2O5. The number of ether oxygens (including phenoxy) is 2. The predicted octanol–water partition coefficient (Wildman–Crippen LogP) is 0.660. The van der Waals surface area contributed by atoms with Gasteiger partial charge in [-0.15, -0.1) is 0 Å². The maximum absolute atomic E-state index is 12.3. The second-order valence-electron chi connectivity index (χ2n) is 4.86. The molecule has 3 atom stereocenters. The quantitative estimate of drug-likeness (QED) is 0.723. The molecule has 1 heterocycles. The fraction of sp³-hybridized carbons (Fsp3) is 0.769. The fourth-order valence-electron chi connectivity index (χ4n) is 2.57. The standard InChI is InChI=1S/C13H22N2O5/c1-4-6-8-7-15(9(5-2)11(14)16)12(17)10(8)20-13(18)19-3/h8-10H,4-7H2,1-3H3,(H2,14,16)/t8?,9-,10+/m0/s1. The van der Waals surface area contributed by atoms with E-state index in [2.05, 4.69) is 4.74 Å². The Bertz CT molecular complexity index is 385. The Morgan fingerprint density at radius 2 is 2.10 bits per heavy atom. The minimum absolute atomic E-state index is 0.139. The van der Waals surface area contributed by atoms with Crippen molar-refractivity contribution in [3.63, 3.8) is 0 Å². The van der Waals surface area contributed by atoms with Gasteiger partial charge in [0.2, 0.25) is 5.91 Å². The van der Waals surface area contributed by atoms with E-state index in [1.165, 1.54) is 12.0 Å². The van der Waals surface area contributed by atoms with E-state index in [9.17, 15) is 14.4 Å². The molecule has 0 bridgehead atoms. The first-order chi connectivity index (χ1) is 9.46. The van der Waals surface area contributed by atoms with Gasteiger partial charge in [0.25, 0.3) is 5.91 Å². The average molecular weight is 286 g/mol. The molecule has 1 fully saturated rings. The van der Waals surface area contributed by atoms with Gasteiger partial charge < -0.3 is 20.1 Å². The highest BCUT2D eigenvalue weighted by atomic mass is 16.7. The summed E-state index contributed by atoms with van der Waals surface area (Å²) in [5, 5.41) is 0. The molecule has 2 amide bonds. The van der Waals surface area contributed by atoms with Crippen molar-refractivity contribution in [3.8, 4) is 0 Å². The first-order valence-electron chi connectivity index (χ1n) is 6.80. The zero-order chi connectivity index (χ0) is 15.3. The molecule has 2 N–H and O–H groups in total. The number of amides is 2. The number of primary amides is 1. The van der Waals surface area contributed by atoms with Gasteiger partial charge in [0.15, 0.2) is 6.10 Å². The van der Waals surface area contributed by atoms with Crippen molar-refractivity contribution in [1.82, 2.24) is 4.90 Å². The largest absolute Gasteiger partial charge is 0.508 e. The van der Waals surface area contributed by atoms with Crippen LogP contribution in [-0.2, 0) is 19.1 Å². The molecule has 0 aliphatic carbocycles. The van der Waals surface area contributed by atoms with Crippen LogP contribution in [0.3, 0.4) is 0 Å². The Labute approximate surface area is 118 Å². The average Bonchev–Trinajstić information content (AvgIpc) is 2.69. The van der Waals surface area contributed by atoms with Gasteiger partial charge in [0.05, 0.1) is 7.11 Å². The molecule has 0 saturated carbocycles. The van der Waals surface area contributed by atoms with Crippen molar-refractivity contribution in [2.24, 2.45) is 11.7 Å². The lowest BCUT2D eigenvalue weighted by atomic mass is 10.0. The molecule has 0 aromatic carbocycles. The number of nitrogens with zero attached hydrogens (tertiary/aromatic N) is 1. The first-order valence-corrected chi connectivity index (χ1v) is 6.80. The third kappa shape index (κ3) is 3.40. The van der Waals surface area contributed by atoms with Gasteiger partial charge in [-0.2, -0.15) is 0 Å². The molecule has 1 saturated heterocycles. The van der Waals surface area contributed by atoms with Gasteiger partial charge in [-0.3, -0.25) is 9.59 Å². The molecule has 0 spiro atoms. The van der Waals surface area contributed by atoms with Crippen molar-refractivity contribution >= 4 is 18.0 Å². The van der Waals surface area contributed by atoms with Crippen molar-refractivity contribution in [3.05, 3.63) is 0 Å². The second kappa shape index (κ2) is 7.12. The molecule has 0 aromatic rings. The van der Waals surface area contributed by atoms with E-state index in [4.69, 9.17) is 10.5 Å². The summed E-state index contributed by atoms with van der Waals surface area (Å²) in [5.74, 6) is -1.06. The van der Waals surface area contributed by atoms with Crippen LogP contribution in [0.1, 0.15) is 33.1 Å². The Balaban J connectivity index is 2.90. The molecule has 0 radical (unpaired) electrons. The molecule has 114 valence electrons. The number of hydrogen-bond acceptors (Lipinski definition) is 5. The number of nitrogens with two attached hydrogens (primary N) is 1. The Kier molecular flexibility index (Phi) is 5.79. The molecular weight excluding hydrogens is 264 g/mol. The van der Waals surface area contributed by atoms with E-state index < -0.39 is 24.2 Å². The summed E-state index contributed by atoms with van der Waals surface area (Å²) in [6.07, 6.45) is 0.221. The normalized spacial score (nSPS) is 23.6. The van der Waals surface area contributed by atoms with Crippen LogP contribution in [-0.4, -0.2) is 48.7 Å². The Hall–Kier alpha value is -1.79. The highest BCUT2D eigenvalue weighted by Crippen LogP contribution is 2.28. The molecule has 7 heteroatoms. The maximum atomic E-state index is 12.3. The van der Waals surface area contributed by atoms with Crippen LogP contribution in [0.5, 0.6) is 0 Å². The number of carbonyl (C=O) groups excluding carboxylic acids is 3. The molecule has 1 unspecified atom stereocenters. The van der Waals surface area contributed by atoms with Gasteiger partial charge in [-0.25, -0.2) is 4.79 Å². The summed E-state index contributed by atoms with van der Waals surface area (Å²) in [7, 11) is 1.19. The third-order valence-electron chi connectivity index (χ3n) is 3.53. The number of likely N-dealkylation sites (tertiary alicyclic amines) is 1. The lowest BCUT2D eigenvalue weighted by Crippen LogP contribution is -2.46. The SMILES string of the molecule is CCCC1CN([C@@H](CC)C(N)=O)C(=O)[C@@H]1OC(=O)OC. The molecule has 0 aromatic heterocycles. The van der Waals surface area contributed by atoms with Crippen molar-refractivity contribution < 1.29 is 23.9 Å². The van der Waals surface area contributed by atoms with Gasteiger partial charge in [-0.05, 0) is 12.8 Å². The number of hydrogen-bond donors (Lipinski definition) is 1. The van der Waals surface area contributed by atoms with E-state index in [1.54, 1.807) is 6.92 Å². The smallest absolute Gasteiger partial charge is 0.438 e. The Morgan fingerprint density at radius 1 is 1.45 bits per heavy atom.